The summed E-state index contributed by atoms with van der Waals surface area (Å²) in [5.74, 6) is 0.985. The van der Waals surface area contributed by atoms with E-state index in [9.17, 15) is 13.2 Å². The number of hydrogen-bond donors (Lipinski definition) is 0. The molecule has 1 aliphatic rings. The fraction of sp³-hybridized carbons (Fsp3) is 0.448. The molecule has 35 heavy (non-hydrogen) atoms. The molecule has 0 amide bonds. The number of fused-ring (bicyclic) bond motifs is 1. The molecule has 0 aliphatic heterocycles. The van der Waals surface area contributed by atoms with Crippen LogP contribution in [-0.2, 0) is 24.0 Å². The number of benzene rings is 3. The molecule has 2 nitrogen and oxygen atoms in total. The Bertz CT molecular complexity index is 1100. The Kier molecular flexibility index (Phi) is 8.32. The van der Waals surface area contributed by atoms with Crippen LogP contribution in [0.25, 0.3) is 10.8 Å². The summed E-state index contributed by atoms with van der Waals surface area (Å²) >= 11 is 0. The van der Waals surface area contributed by atoms with Gasteiger partial charge in [0, 0.05) is 19.1 Å². The third-order valence-corrected chi connectivity index (χ3v) is 7.15. The Morgan fingerprint density at radius 1 is 0.800 bits per heavy atom. The van der Waals surface area contributed by atoms with Crippen molar-refractivity contribution in [2.45, 2.75) is 57.7 Å². The SMILES string of the molecule is COCC1CCC(CCc2ccc3c(F)c(CCc4ccc(OC(F)(F)F)cc4)ccc3c2)CC1. The van der Waals surface area contributed by atoms with Gasteiger partial charge in [0.2, 0.25) is 0 Å². The number of alkyl halides is 3. The van der Waals surface area contributed by atoms with E-state index in [1.165, 1.54) is 49.8 Å². The second-order valence-corrected chi connectivity index (χ2v) is 9.67. The second kappa shape index (κ2) is 11.4. The van der Waals surface area contributed by atoms with Crippen LogP contribution in [0.15, 0.2) is 54.6 Å². The molecule has 6 heteroatoms. The zero-order valence-electron chi connectivity index (χ0n) is 20.0. The predicted molar refractivity (Wildman–Crippen MR) is 130 cm³/mol. The zero-order valence-corrected chi connectivity index (χ0v) is 20.0. The molecule has 4 rings (SSSR count). The van der Waals surface area contributed by atoms with Crippen molar-refractivity contribution >= 4 is 10.8 Å². The highest BCUT2D eigenvalue weighted by atomic mass is 19.4. The number of aryl methyl sites for hydroxylation is 3. The molecule has 1 saturated carbocycles. The molecule has 3 aromatic rings. The van der Waals surface area contributed by atoms with Crippen LogP contribution in [0.1, 0.15) is 48.8 Å². The lowest BCUT2D eigenvalue weighted by Crippen LogP contribution is -2.18. The Labute approximate surface area is 204 Å². The molecule has 188 valence electrons. The third-order valence-electron chi connectivity index (χ3n) is 7.15. The predicted octanol–water partition coefficient (Wildman–Crippen LogP) is 8.05. The first-order valence-corrected chi connectivity index (χ1v) is 12.3. The van der Waals surface area contributed by atoms with Gasteiger partial charge in [-0.25, -0.2) is 4.39 Å². The van der Waals surface area contributed by atoms with Gasteiger partial charge < -0.3 is 9.47 Å². The molecule has 1 aliphatic carbocycles. The van der Waals surface area contributed by atoms with E-state index in [-0.39, 0.29) is 11.6 Å². The smallest absolute Gasteiger partial charge is 0.406 e. The van der Waals surface area contributed by atoms with E-state index in [0.717, 1.165) is 29.9 Å². The van der Waals surface area contributed by atoms with Crippen LogP contribution in [0.3, 0.4) is 0 Å². The van der Waals surface area contributed by atoms with Gasteiger partial charge in [-0.15, -0.1) is 13.2 Å². The van der Waals surface area contributed by atoms with Gasteiger partial charge in [0.15, 0.2) is 0 Å². The largest absolute Gasteiger partial charge is 0.573 e. The van der Waals surface area contributed by atoms with Crippen molar-refractivity contribution in [1.29, 1.82) is 0 Å². The summed E-state index contributed by atoms with van der Waals surface area (Å²) in [6.45, 7) is 0.869. The van der Waals surface area contributed by atoms with Crippen LogP contribution >= 0.6 is 0 Å². The monoisotopic (exact) mass is 488 g/mol. The Hall–Kier alpha value is -2.60. The lowest BCUT2D eigenvalue weighted by molar-refractivity contribution is -0.274. The van der Waals surface area contributed by atoms with Crippen molar-refractivity contribution in [3.05, 3.63) is 77.1 Å². The van der Waals surface area contributed by atoms with Gasteiger partial charge in [-0.05, 0) is 84.6 Å². The molecule has 0 unspecified atom stereocenters. The van der Waals surface area contributed by atoms with Crippen molar-refractivity contribution in [1.82, 2.24) is 0 Å². The minimum absolute atomic E-state index is 0.220. The number of halogens is 4. The standard InChI is InChI=1S/C29H32F4O2/c1-34-19-23-6-3-20(4-7-23)2-5-22-11-17-27-25(18-22)14-13-24(28(27)30)12-8-21-9-15-26(16-10-21)35-29(31,32)33/h9-11,13-18,20,23H,2-8,12,19H2,1H3. The molecule has 0 aromatic heterocycles. The molecule has 3 aromatic carbocycles. The highest BCUT2D eigenvalue weighted by Crippen LogP contribution is 2.32. The van der Waals surface area contributed by atoms with Crippen molar-refractivity contribution in [3.63, 3.8) is 0 Å². The van der Waals surface area contributed by atoms with Gasteiger partial charge >= 0.3 is 6.36 Å². The van der Waals surface area contributed by atoms with Crippen LogP contribution in [0, 0.1) is 17.7 Å². The van der Waals surface area contributed by atoms with Gasteiger partial charge in [-0.1, -0.05) is 55.3 Å². The average Bonchev–Trinajstić information content (AvgIpc) is 2.83. The highest BCUT2D eigenvalue weighted by Gasteiger charge is 2.31. The lowest BCUT2D eigenvalue weighted by atomic mass is 9.80. The highest BCUT2D eigenvalue weighted by molar-refractivity contribution is 5.84. The number of methoxy groups -OCH3 is 1. The Morgan fingerprint density at radius 2 is 1.49 bits per heavy atom. The Morgan fingerprint density at radius 3 is 2.17 bits per heavy atom. The van der Waals surface area contributed by atoms with Crippen LogP contribution in [0.2, 0.25) is 0 Å². The van der Waals surface area contributed by atoms with E-state index in [2.05, 4.69) is 10.8 Å². The number of hydrogen-bond acceptors (Lipinski definition) is 2. The lowest BCUT2D eigenvalue weighted by Gasteiger charge is -2.28. The Balaban J connectivity index is 1.33. The van der Waals surface area contributed by atoms with Gasteiger partial charge in [-0.3, -0.25) is 0 Å². The van der Waals surface area contributed by atoms with Gasteiger partial charge in [0.25, 0.3) is 0 Å². The second-order valence-electron chi connectivity index (χ2n) is 9.67. The number of ether oxygens (including phenoxy) is 2. The van der Waals surface area contributed by atoms with Crippen LogP contribution < -0.4 is 4.74 Å². The summed E-state index contributed by atoms with van der Waals surface area (Å²) < 4.78 is 61.3. The maximum absolute atomic E-state index is 15.2. The third kappa shape index (κ3) is 7.20. The summed E-state index contributed by atoms with van der Waals surface area (Å²) in [5.41, 5.74) is 2.67. The van der Waals surface area contributed by atoms with Gasteiger partial charge in [0.05, 0.1) is 0 Å². The van der Waals surface area contributed by atoms with Crippen molar-refractivity contribution < 1.29 is 27.0 Å². The molecule has 0 heterocycles. The topological polar surface area (TPSA) is 18.5 Å². The minimum atomic E-state index is -4.71. The molecule has 0 atom stereocenters. The normalized spacial score (nSPS) is 18.7. The van der Waals surface area contributed by atoms with E-state index < -0.39 is 6.36 Å². The quantitative estimate of drug-likeness (QED) is 0.284. The van der Waals surface area contributed by atoms with Gasteiger partial charge in [-0.2, -0.15) is 0 Å². The van der Waals surface area contributed by atoms with Gasteiger partial charge in [0.1, 0.15) is 11.6 Å². The first kappa shape index (κ1) is 25.5. The van der Waals surface area contributed by atoms with Crippen LogP contribution in [0.5, 0.6) is 5.75 Å². The van der Waals surface area contributed by atoms with E-state index >= 15 is 4.39 Å². The number of rotatable bonds is 9. The molecule has 0 radical (unpaired) electrons. The van der Waals surface area contributed by atoms with E-state index in [1.54, 1.807) is 19.2 Å². The van der Waals surface area contributed by atoms with Crippen molar-refractivity contribution in [3.8, 4) is 5.75 Å². The van der Waals surface area contributed by atoms with Crippen molar-refractivity contribution in [2.24, 2.45) is 11.8 Å². The molecule has 0 saturated heterocycles. The van der Waals surface area contributed by atoms with Crippen LogP contribution in [-0.4, -0.2) is 20.1 Å². The summed E-state index contributed by atoms with van der Waals surface area (Å²) in [7, 11) is 1.77. The summed E-state index contributed by atoms with van der Waals surface area (Å²) in [5, 5.41) is 1.52. The molecular formula is C29H32F4O2. The maximum Gasteiger partial charge on any atom is 0.573 e. The first-order chi connectivity index (χ1) is 16.8. The fourth-order valence-electron chi connectivity index (χ4n) is 5.17. The van der Waals surface area contributed by atoms with E-state index in [0.29, 0.717) is 29.7 Å². The summed E-state index contributed by atoms with van der Waals surface area (Å²) in [6, 6.07) is 15.5. The molecular weight excluding hydrogens is 456 g/mol. The molecule has 0 bridgehead atoms. The average molecular weight is 489 g/mol. The van der Waals surface area contributed by atoms with E-state index in [1.807, 2.05) is 24.3 Å². The summed E-state index contributed by atoms with van der Waals surface area (Å²) in [6.07, 6.45) is 3.47. The fourth-order valence-corrected chi connectivity index (χ4v) is 5.17. The molecule has 0 spiro atoms. The first-order valence-electron chi connectivity index (χ1n) is 12.3. The summed E-state index contributed by atoms with van der Waals surface area (Å²) in [4.78, 5) is 0. The van der Waals surface area contributed by atoms with E-state index in [4.69, 9.17) is 4.74 Å². The maximum atomic E-state index is 15.2. The molecule has 1 fully saturated rings. The molecule has 0 N–H and O–H groups in total. The zero-order chi connectivity index (χ0) is 24.8. The van der Waals surface area contributed by atoms with Crippen LogP contribution in [0.4, 0.5) is 17.6 Å². The van der Waals surface area contributed by atoms with Crippen molar-refractivity contribution in [2.75, 3.05) is 13.7 Å². The minimum Gasteiger partial charge on any atom is -0.406 e.